The molecule has 0 saturated carbocycles. The Hall–Kier alpha value is -0.150. The van der Waals surface area contributed by atoms with Crippen molar-refractivity contribution in [3.8, 4) is 0 Å². The summed E-state index contributed by atoms with van der Waals surface area (Å²) in [5.74, 6) is 1.84. The highest BCUT2D eigenvalue weighted by Crippen LogP contribution is 2.17. The molecule has 0 N–H and O–H groups in total. The van der Waals surface area contributed by atoms with Crippen molar-refractivity contribution >= 4 is 23.3 Å². The van der Waals surface area contributed by atoms with Gasteiger partial charge >= 0.3 is 0 Å². The molecule has 0 aliphatic carbocycles. The Morgan fingerprint density at radius 1 is 1.58 bits per heavy atom. The van der Waals surface area contributed by atoms with Crippen molar-refractivity contribution < 1.29 is 0 Å². The van der Waals surface area contributed by atoms with Gasteiger partial charge in [0.25, 0.3) is 0 Å². The molecule has 0 amide bonds. The van der Waals surface area contributed by atoms with Gasteiger partial charge in [-0.15, -0.1) is 11.6 Å². The zero-order chi connectivity index (χ0) is 8.97. The van der Waals surface area contributed by atoms with Crippen LogP contribution >= 0.6 is 23.3 Å². The Kier molecular flexibility index (Phi) is 3.95. The highest BCUT2D eigenvalue weighted by Gasteiger charge is 2.13. The topological polar surface area (TPSA) is 25.8 Å². The van der Waals surface area contributed by atoms with Crippen molar-refractivity contribution in [3.05, 3.63) is 11.9 Å². The van der Waals surface area contributed by atoms with E-state index < -0.39 is 0 Å². The van der Waals surface area contributed by atoms with E-state index in [1.54, 1.807) is 0 Å². The molecule has 0 aliphatic rings. The second-order valence-electron chi connectivity index (χ2n) is 3.26. The SMILES string of the molecule is CC(C)C(CCl)Cc1cnsn1. The number of hydrogen-bond acceptors (Lipinski definition) is 3. The van der Waals surface area contributed by atoms with Crippen molar-refractivity contribution in [3.63, 3.8) is 0 Å². The van der Waals surface area contributed by atoms with Crippen LogP contribution in [0.1, 0.15) is 19.5 Å². The molecule has 1 heterocycles. The van der Waals surface area contributed by atoms with E-state index in [1.807, 2.05) is 6.20 Å². The van der Waals surface area contributed by atoms with Gasteiger partial charge in [0.15, 0.2) is 0 Å². The Morgan fingerprint density at radius 3 is 2.75 bits per heavy atom. The first-order valence-corrected chi connectivity index (χ1v) is 5.33. The fourth-order valence-corrected chi connectivity index (χ4v) is 1.92. The molecular formula is C8H13ClN2S. The summed E-state index contributed by atoms with van der Waals surface area (Å²) in [7, 11) is 0. The molecule has 0 spiro atoms. The van der Waals surface area contributed by atoms with Gasteiger partial charge in [-0.3, -0.25) is 0 Å². The summed E-state index contributed by atoms with van der Waals surface area (Å²) < 4.78 is 8.11. The maximum atomic E-state index is 5.83. The van der Waals surface area contributed by atoms with Crippen LogP contribution in [0.25, 0.3) is 0 Å². The van der Waals surface area contributed by atoms with E-state index in [-0.39, 0.29) is 0 Å². The van der Waals surface area contributed by atoms with E-state index in [0.717, 1.165) is 12.1 Å². The van der Waals surface area contributed by atoms with Crippen LogP contribution < -0.4 is 0 Å². The Bertz CT molecular complexity index is 211. The zero-order valence-corrected chi connectivity index (χ0v) is 8.90. The van der Waals surface area contributed by atoms with E-state index in [1.165, 1.54) is 11.7 Å². The summed E-state index contributed by atoms with van der Waals surface area (Å²) in [6.07, 6.45) is 2.78. The van der Waals surface area contributed by atoms with Crippen LogP contribution in [-0.4, -0.2) is 14.6 Å². The summed E-state index contributed by atoms with van der Waals surface area (Å²) in [5, 5.41) is 0. The maximum absolute atomic E-state index is 5.83. The third-order valence-corrected chi connectivity index (χ3v) is 2.93. The van der Waals surface area contributed by atoms with Gasteiger partial charge in [0.1, 0.15) is 0 Å². The molecule has 0 aliphatic heterocycles. The second-order valence-corrected chi connectivity index (χ2v) is 4.13. The average Bonchev–Trinajstić information content (AvgIpc) is 2.51. The van der Waals surface area contributed by atoms with Crippen molar-refractivity contribution in [1.29, 1.82) is 0 Å². The van der Waals surface area contributed by atoms with Crippen molar-refractivity contribution in [2.45, 2.75) is 20.3 Å². The monoisotopic (exact) mass is 204 g/mol. The summed E-state index contributed by atoms with van der Waals surface area (Å²) in [6, 6.07) is 0. The molecule has 0 fully saturated rings. The molecule has 0 aromatic carbocycles. The summed E-state index contributed by atoms with van der Waals surface area (Å²) in [5.41, 5.74) is 1.07. The van der Waals surface area contributed by atoms with Crippen LogP contribution in [0.2, 0.25) is 0 Å². The quantitative estimate of drug-likeness (QED) is 0.705. The van der Waals surface area contributed by atoms with Gasteiger partial charge in [-0.2, -0.15) is 8.75 Å². The average molecular weight is 205 g/mol. The first kappa shape index (κ1) is 9.93. The lowest BCUT2D eigenvalue weighted by Gasteiger charge is -2.15. The molecule has 68 valence electrons. The normalized spacial score (nSPS) is 13.7. The second kappa shape index (κ2) is 4.77. The van der Waals surface area contributed by atoms with E-state index in [9.17, 15) is 0 Å². The molecule has 12 heavy (non-hydrogen) atoms. The van der Waals surface area contributed by atoms with Crippen LogP contribution in [0.5, 0.6) is 0 Å². The zero-order valence-electron chi connectivity index (χ0n) is 7.33. The van der Waals surface area contributed by atoms with Crippen LogP contribution in [0.4, 0.5) is 0 Å². The maximum Gasteiger partial charge on any atom is 0.0746 e. The Balaban J connectivity index is 2.48. The molecule has 0 saturated heterocycles. The van der Waals surface area contributed by atoms with Gasteiger partial charge in [0, 0.05) is 5.88 Å². The number of rotatable bonds is 4. The van der Waals surface area contributed by atoms with Gasteiger partial charge in [0.2, 0.25) is 0 Å². The summed E-state index contributed by atoms with van der Waals surface area (Å²) in [6.45, 7) is 4.37. The molecule has 1 aromatic heterocycles. The Labute approximate surface area is 82.3 Å². The molecule has 4 heteroatoms. The third-order valence-electron chi connectivity index (χ3n) is 2.02. The molecule has 1 atom stereocenters. The molecule has 0 radical (unpaired) electrons. The molecule has 1 unspecified atom stereocenters. The first-order valence-electron chi connectivity index (χ1n) is 4.06. The number of nitrogens with zero attached hydrogens (tertiary/aromatic N) is 2. The molecule has 1 rings (SSSR count). The standard InChI is InChI=1S/C8H13ClN2S/c1-6(2)7(4-9)3-8-5-10-12-11-8/h5-7H,3-4H2,1-2H3. The van der Waals surface area contributed by atoms with Gasteiger partial charge in [-0.25, -0.2) is 0 Å². The lowest BCUT2D eigenvalue weighted by Crippen LogP contribution is -2.13. The minimum absolute atomic E-state index is 0.524. The van der Waals surface area contributed by atoms with Crippen molar-refractivity contribution in [2.75, 3.05) is 5.88 Å². The van der Waals surface area contributed by atoms with Gasteiger partial charge in [0.05, 0.1) is 23.6 Å². The van der Waals surface area contributed by atoms with Crippen molar-refractivity contribution in [2.24, 2.45) is 11.8 Å². The number of halogens is 1. The summed E-state index contributed by atoms with van der Waals surface area (Å²) in [4.78, 5) is 0. The van der Waals surface area contributed by atoms with Gasteiger partial charge in [-0.1, -0.05) is 13.8 Å². The minimum atomic E-state index is 0.524. The number of aromatic nitrogens is 2. The van der Waals surface area contributed by atoms with Crippen LogP contribution in [0, 0.1) is 11.8 Å². The molecule has 2 nitrogen and oxygen atoms in total. The number of alkyl halides is 1. The number of hydrogen-bond donors (Lipinski definition) is 0. The van der Waals surface area contributed by atoms with Gasteiger partial charge < -0.3 is 0 Å². The van der Waals surface area contributed by atoms with E-state index in [4.69, 9.17) is 11.6 Å². The summed E-state index contributed by atoms with van der Waals surface area (Å²) >= 11 is 7.10. The van der Waals surface area contributed by atoms with Crippen LogP contribution in [0.15, 0.2) is 6.20 Å². The molecule has 1 aromatic rings. The van der Waals surface area contributed by atoms with Crippen LogP contribution in [-0.2, 0) is 6.42 Å². The van der Waals surface area contributed by atoms with E-state index in [0.29, 0.717) is 17.7 Å². The fourth-order valence-electron chi connectivity index (χ4n) is 1.01. The lowest BCUT2D eigenvalue weighted by atomic mass is 9.93. The van der Waals surface area contributed by atoms with E-state index in [2.05, 4.69) is 22.6 Å². The fraction of sp³-hybridized carbons (Fsp3) is 0.750. The lowest BCUT2D eigenvalue weighted by molar-refractivity contribution is 0.419. The smallest absolute Gasteiger partial charge is 0.0746 e. The minimum Gasteiger partial charge on any atom is -0.181 e. The highest BCUT2D eigenvalue weighted by atomic mass is 35.5. The molecular weight excluding hydrogens is 192 g/mol. The van der Waals surface area contributed by atoms with Crippen LogP contribution in [0.3, 0.4) is 0 Å². The third kappa shape index (κ3) is 2.72. The predicted molar refractivity (Wildman–Crippen MR) is 52.7 cm³/mol. The molecule has 0 bridgehead atoms. The highest BCUT2D eigenvalue weighted by molar-refractivity contribution is 6.99. The Morgan fingerprint density at radius 2 is 2.33 bits per heavy atom. The van der Waals surface area contributed by atoms with Gasteiger partial charge in [-0.05, 0) is 18.3 Å². The first-order chi connectivity index (χ1) is 5.74. The predicted octanol–water partition coefficient (Wildman–Crippen LogP) is 2.59. The van der Waals surface area contributed by atoms with E-state index >= 15 is 0 Å². The van der Waals surface area contributed by atoms with Crippen molar-refractivity contribution in [1.82, 2.24) is 8.75 Å². The largest absolute Gasteiger partial charge is 0.181 e.